The fourth-order valence-corrected chi connectivity index (χ4v) is 3.54. The molecule has 0 spiro atoms. The van der Waals surface area contributed by atoms with Crippen molar-refractivity contribution in [2.45, 2.75) is 6.42 Å². The molecule has 2 aromatic heterocycles. The van der Waals surface area contributed by atoms with Crippen molar-refractivity contribution in [3.8, 4) is 11.6 Å². The molecule has 0 atom stereocenters. The quantitative estimate of drug-likeness (QED) is 0.565. The number of fused-ring (bicyclic) bond motifs is 1. The average molecular weight is 410 g/mol. The molecule has 0 radical (unpaired) electrons. The lowest BCUT2D eigenvalue weighted by atomic mass is 10.2. The monoisotopic (exact) mass is 410 g/mol. The second-order valence-electron chi connectivity index (χ2n) is 7.09. The Morgan fingerprint density at radius 3 is 2.73 bits per heavy atom. The van der Waals surface area contributed by atoms with E-state index in [0.29, 0.717) is 64.0 Å². The Bertz CT molecular complexity index is 970. The van der Waals surface area contributed by atoms with Gasteiger partial charge in [0.2, 0.25) is 5.91 Å². The predicted molar refractivity (Wildman–Crippen MR) is 113 cm³/mol. The molecule has 0 bridgehead atoms. The van der Waals surface area contributed by atoms with Crippen LogP contribution in [-0.2, 0) is 14.3 Å². The number of amides is 1. The van der Waals surface area contributed by atoms with Crippen molar-refractivity contribution in [2.24, 2.45) is 0 Å². The van der Waals surface area contributed by atoms with Gasteiger partial charge in [0, 0.05) is 45.1 Å². The molecule has 0 saturated carbocycles. The number of carbonyl (C=O) groups is 1. The van der Waals surface area contributed by atoms with Crippen molar-refractivity contribution in [3.63, 3.8) is 0 Å². The van der Waals surface area contributed by atoms with Crippen LogP contribution >= 0.6 is 0 Å². The summed E-state index contributed by atoms with van der Waals surface area (Å²) in [5.74, 6) is 2.04. The largest absolute Gasteiger partial charge is 0.461 e. The number of furan rings is 1. The highest BCUT2D eigenvalue weighted by Crippen LogP contribution is 2.28. The van der Waals surface area contributed by atoms with Gasteiger partial charge in [0.05, 0.1) is 31.6 Å². The van der Waals surface area contributed by atoms with Crippen LogP contribution in [0.5, 0.6) is 0 Å². The minimum atomic E-state index is 0.130. The molecule has 0 unspecified atom stereocenters. The molecule has 1 aromatic carbocycles. The van der Waals surface area contributed by atoms with Crippen LogP contribution in [0, 0.1) is 0 Å². The number of anilines is 1. The van der Waals surface area contributed by atoms with Gasteiger partial charge in [0.15, 0.2) is 11.6 Å². The number of methoxy groups -OCH3 is 1. The van der Waals surface area contributed by atoms with Gasteiger partial charge in [-0.2, -0.15) is 0 Å². The van der Waals surface area contributed by atoms with Gasteiger partial charge in [-0.05, 0) is 24.3 Å². The number of rotatable bonds is 8. The lowest BCUT2D eigenvalue weighted by Crippen LogP contribution is -2.42. The van der Waals surface area contributed by atoms with E-state index in [1.54, 1.807) is 13.4 Å². The van der Waals surface area contributed by atoms with Crippen molar-refractivity contribution >= 4 is 22.6 Å². The molecule has 3 aromatic rings. The van der Waals surface area contributed by atoms with Crippen LogP contribution < -0.4 is 4.90 Å². The first-order valence-electron chi connectivity index (χ1n) is 10.2. The van der Waals surface area contributed by atoms with Crippen LogP contribution in [0.2, 0.25) is 0 Å². The molecular weight excluding hydrogens is 384 g/mol. The molecule has 0 N–H and O–H groups in total. The highest BCUT2D eigenvalue weighted by molar-refractivity contribution is 5.91. The van der Waals surface area contributed by atoms with Crippen LogP contribution in [-0.4, -0.2) is 73.9 Å². The summed E-state index contributed by atoms with van der Waals surface area (Å²) >= 11 is 0. The normalized spacial score (nSPS) is 14.2. The van der Waals surface area contributed by atoms with Crippen LogP contribution in [0.3, 0.4) is 0 Å². The zero-order chi connectivity index (χ0) is 20.8. The second-order valence-corrected chi connectivity index (χ2v) is 7.09. The molecule has 8 nitrogen and oxygen atoms in total. The molecule has 1 amide bonds. The Morgan fingerprint density at radius 1 is 1.13 bits per heavy atom. The Balaban J connectivity index is 1.63. The van der Waals surface area contributed by atoms with Gasteiger partial charge in [0.25, 0.3) is 0 Å². The molecule has 1 aliphatic rings. The Morgan fingerprint density at radius 2 is 1.97 bits per heavy atom. The van der Waals surface area contributed by atoms with E-state index in [1.165, 1.54) is 0 Å². The lowest BCUT2D eigenvalue weighted by molar-refractivity contribution is -0.135. The summed E-state index contributed by atoms with van der Waals surface area (Å²) in [6.07, 6.45) is 2.01. The average Bonchev–Trinajstić information content (AvgIpc) is 3.34. The lowest BCUT2D eigenvalue weighted by Gasteiger charge is -2.29. The van der Waals surface area contributed by atoms with Gasteiger partial charge in [0.1, 0.15) is 5.82 Å². The topological polar surface area (TPSA) is 80.9 Å². The van der Waals surface area contributed by atoms with Crippen LogP contribution in [0.25, 0.3) is 22.5 Å². The minimum Gasteiger partial charge on any atom is -0.461 e. The van der Waals surface area contributed by atoms with E-state index < -0.39 is 0 Å². The molecule has 30 heavy (non-hydrogen) atoms. The van der Waals surface area contributed by atoms with E-state index in [-0.39, 0.29) is 5.91 Å². The van der Waals surface area contributed by atoms with E-state index in [1.807, 2.05) is 41.3 Å². The fourth-order valence-electron chi connectivity index (χ4n) is 3.54. The van der Waals surface area contributed by atoms with E-state index in [2.05, 4.69) is 9.88 Å². The highest BCUT2D eigenvalue weighted by Gasteiger charge is 2.20. The molecule has 8 heteroatoms. The molecular formula is C22H26N4O4. The van der Waals surface area contributed by atoms with Crippen LogP contribution in [0.15, 0.2) is 47.1 Å². The number of ether oxygens (including phenoxy) is 2. The first-order chi connectivity index (χ1) is 14.8. The first kappa shape index (κ1) is 20.3. The Labute approximate surface area is 175 Å². The van der Waals surface area contributed by atoms with E-state index in [4.69, 9.17) is 18.9 Å². The summed E-state index contributed by atoms with van der Waals surface area (Å²) in [5, 5.41) is 0.933. The van der Waals surface area contributed by atoms with Gasteiger partial charge in [-0.25, -0.2) is 9.97 Å². The van der Waals surface area contributed by atoms with Gasteiger partial charge in [-0.3, -0.25) is 4.79 Å². The highest BCUT2D eigenvalue weighted by atomic mass is 16.5. The molecule has 1 saturated heterocycles. The zero-order valence-corrected chi connectivity index (χ0v) is 17.1. The summed E-state index contributed by atoms with van der Waals surface area (Å²) in [6.45, 7) is 4.18. The summed E-state index contributed by atoms with van der Waals surface area (Å²) in [7, 11) is 1.67. The number of hydrogen-bond donors (Lipinski definition) is 0. The predicted octanol–water partition coefficient (Wildman–Crippen LogP) is 2.59. The molecule has 1 fully saturated rings. The number of para-hydroxylation sites is 1. The molecule has 3 heterocycles. The Hall–Kier alpha value is -2.97. The maximum atomic E-state index is 12.7. The number of nitrogens with zero attached hydrogens (tertiary/aromatic N) is 4. The van der Waals surface area contributed by atoms with Gasteiger partial charge < -0.3 is 23.7 Å². The third-order valence-corrected chi connectivity index (χ3v) is 5.15. The smallest absolute Gasteiger partial charge is 0.224 e. The minimum absolute atomic E-state index is 0.130. The maximum Gasteiger partial charge on any atom is 0.224 e. The number of morpholine rings is 1. The maximum absolute atomic E-state index is 12.7. The van der Waals surface area contributed by atoms with Gasteiger partial charge >= 0.3 is 0 Å². The van der Waals surface area contributed by atoms with Crippen molar-refractivity contribution in [3.05, 3.63) is 42.7 Å². The van der Waals surface area contributed by atoms with E-state index >= 15 is 0 Å². The van der Waals surface area contributed by atoms with Crippen molar-refractivity contribution in [1.82, 2.24) is 14.9 Å². The van der Waals surface area contributed by atoms with Crippen LogP contribution in [0.4, 0.5) is 5.82 Å². The van der Waals surface area contributed by atoms with Gasteiger partial charge in [-0.1, -0.05) is 12.1 Å². The van der Waals surface area contributed by atoms with Crippen molar-refractivity contribution in [1.29, 1.82) is 0 Å². The molecule has 1 aliphatic heterocycles. The SMILES string of the molecule is COCCN(CCC(=O)N1CCOCC1)c1nc(-c2ccco2)nc2ccccc12. The van der Waals surface area contributed by atoms with Gasteiger partial charge in [-0.15, -0.1) is 0 Å². The summed E-state index contributed by atoms with van der Waals surface area (Å²) < 4.78 is 16.2. The number of benzene rings is 1. The fraction of sp³-hybridized carbons (Fsp3) is 0.409. The third-order valence-electron chi connectivity index (χ3n) is 5.15. The molecule has 4 rings (SSSR count). The number of aromatic nitrogens is 2. The second kappa shape index (κ2) is 9.69. The summed E-state index contributed by atoms with van der Waals surface area (Å²) in [4.78, 5) is 26.1. The summed E-state index contributed by atoms with van der Waals surface area (Å²) in [5.41, 5.74) is 0.829. The number of carbonyl (C=O) groups excluding carboxylic acids is 1. The van der Waals surface area contributed by atoms with Crippen molar-refractivity contribution in [2.75, 3.05) is 58.0 Å². The number of hydrogen-bond acceptors (Lipinski definition) is 7. The van der Waals surface area contributed by atoms with E-state index in [9.17, 15) is 4.79 Å². The first-order valence-corrected chi connectivity index (χ1v) is 10.2. The molecule has 158 valence electrons. The summed E-state index contributed by atoms with van der Waals surface area (Å²) in [6, 6.07) is 11.5. The standard InChI is InChI=1S/C22H26N4O4/c1-28-14-10-26(9-8-20(27)25-11-15-29-16-12-25)22-17-5-2-3-6-18(17)23-21(24-22)19-7-4-13-30-19/h2-7,13H,8-12,14-16H2,1H3. The van der Waals surface area contributed by atoms with Crippen LogP contribution in [0.1, 0.15) is 6.42 Å². The molecule has 0 aliphatic carbocycles. The Kier molecular flexibility index (Phi) is 6.56. The van der Waals surface area contributed by atoms with Crippen molar-refractivity contribution < 1.29 is 18.7 Å². The zero-order valence-electron chi connectivity index (χ0n) is 17.1. The third kappa shape index (κ3) is 4.60. The van der Waals surface area contributed by atoms with E-state index in [0.717, 1.165) is 16.7 Å².